The Balaban J connectivity index is 2.04. The number of carbonyl (C=O) groups excluding carboxylic acids is 1. The molecule has 2 aromatic carbocycles. The summed E-state index contributed by atoms with van der Waals surface area (Å²) in [4.78, 5) is 13.3. The van der Waals surface area contributed by atoms with E-state index in [2.05, 4.69) is 5.32 Å². The smallest absolute Gasteiger partial charge is 0.242 e. The van der Waals surface area contributed by atoms with Gasteiger partial charge in [-0.2, -0.15) is 0 Å². The van der Waals surface area contributed by atoms with Crippen molar-refractivity contribution in [3.8, 4) is 5.75 Å². The zero-order valence-electron chi connectivity index (χ0n) is 15.1. The van der Waals surface area contributed by atoms with Crippen LogP contribution in [0.1, 0.15) is 5.56 Å². The first-order valence-electron chi connectivity index (χ1n) is 7.84. The third-order valence-corrected chi connectivity index (χ3v) is 6.63. The molecule has 0 fully saturated rings. The maximum absolute atomic E-state index is 12.4. The molecule has 0 unspecified atom stereocenters. The lowest BCUT2D eigenvalue weighted by atomic mass is 10.2. The van der Waals surface area contributed by atoms with Crippen LogP contribution in [0.3, 0.4) is 0 Å². The number of carbonyl (C=O) groups is 1. The Labute approximate surface area is 158 Å². The first-order chi connectivity index (χ1) is 12.2. The molecule has 0 bridgehead atoms. The first kappa shape index (κ1) is 20.3. The lowest BCUT2D eigenvalue weighted by Crippen LogP contribution is -2.23. The van der Waals surface area contributed by atoms with E-state index >= 15 is 0 Å². The van der Waals surface area contributed by atoms with Crippen LogP contribution < -0.4 is 10.1 Å². The van der Waals surface area contributed by atoms with Crippen molar-refractivity contribution in [3.05, 3.63) is 48.0 Å². The second kappa shape index (κ2) is 8.57. The average Bonchev–Trinajstić information content (AvgIpc) is 2.61. The highest BCUT2D eigenvalue weighted by atomic mass is 32.2. The number of methoxy groups -OCH3 is 1. The molecule has 0 saturated carbocycles. The number of benzene rings is 2. The van der Waals surface area contributed by atoms with Crippen molar-refractivity contribution in [2.24, 2.45) is 0 Å². The summed E-state index contributed by atoms with van der Waals surface area (Å²) in [6.45, 7) is 1.72. The highest BCUT2D eigenvalue weighted by Crippen LogP contribution is 2.24. The molecule has 0 saturated heterocycles. The van der Waals surface area contributed by atoms with E-state index in [4.69, 9.17) is 4.74 Å². The van der Waals surface area contributed by atoms with Crippen LogP contribution in [0.2, 0.25) is 0 Å². The molecule has 1 amide bonds. The number of nitrogens with zero attached hydrogens (tertiary/aromatic N) is 1. The molecule has 0 spiro atoms. The van der Waals surface area contributed by atoms with Crippen LogP contribution in [0.5, 0.6) is 5.75 Å². The van der Waals surface area contributed by atoms with E-state index in [1.54, 1.807) is 26.2 Å². The maximum Gasteiger partial charge on any atom is 0.242 e. The molecule has 0 atom stereocenters. The minimum atomic E-state index is -3.56. The molecule has 8 heteroatoms. The van der Waals surface area contributed by atoms with Crippen LogP contribution in [0.4, 0.5) is 5.69 Å². The summed E-state index contributed by atoms with van der Waals surface area (Å²) in [5, 5.41) is 2.75. The van der Waals surface area contributed by atoms with Crippen molar-refractivity contribution in [1.29, 1.82) is 0 Å². The van der Waals surface area contributed by atoms with Crippen molar-refractivity contribution in [2.45, 2.75) is 16.7 Å². The molecule has 1 N–H and O–H groups in total. The number of sulfonamides is 1. The van der Waals surface area contributed by atoms with Gasteiger partial charge in [-0.05, 0) is 48.9 Å². The van der Waals surface area contributed by atoms with Gasteiger partial charge < -0.3 is 10.1 Å². The third kappa shape index (κ3) is 5.00. The van der Waals surface area contributed by atoms with E-state index in [0.717, 1.165) is 15.0 Å². The number of anilines is 1. The lowest BCUT2D eigenvalue weighted by Gasteiger charge is -2.15. The van der Waals surface area contributed by atoms with Gasteiger partial charge in [-0.1, -0.05) is 6.07 Å². The number of ether oxygens (including phenoxy) is 1. The zero-order valence-corrected chi connectivity index (χ0v) is 16.8. The van der Waals surface area contributed by atoms with Crippen LogP contribution in [-0.2, 0) is 14.8 Å². The largest absolute Gasteiger partial charge is 0.497 e. The molecule has 0 aliphatic carbocycles. The molecule has 0 aromatic heterocycles. The van der Waals surface area contributed by atoms with E-state index in [1.807, 2.05) is 24.3 Å². The van der Waals surface area contributed by atoms with Gasteiger partial charge in [0.2, 0.25) is 15.9 Å². The van der Waals surface area contributed by atoms with Gasteiger partial charge in [0.1, 0.15) is 5.75 Å². The van der Waals surface area contributed by atoms with Gasteiger partial charge in [0.25, 0.3) is 0 Å². The number of aryl methyl sites for hydroxylation is 1. The fourth-order valence-electron chi connectivity index (χ4n) is 2.17. The van der Waals surface area contributed by atoms with Gasteiger partial charge >= 0.3 is 0 Å². The Morgan fingerprint density at radius 1 is 1.15 bits per heavy atom. The number of rotatable bonds is 7. The van der Waals surface area contributed by atoms with Gasteiger partial charge in [0.05, 0.1) is 17.8 Å². The third-order valence-electron chi connectivity index (χ3n) is 3.66. The molecule has 0 heterocycles. The summed E-state index contributed by atoms with van der Waals surface area (Å²) in [7, 11) is 0.992. The second-order valence-corrected chi connectivity index (χ2v) is 8.95. The van der Waals surface area contributed by atoms with Crippen LogP contribution in [0.25, 0.3) is 0 Å². The molecule has 26 heavy (non-hydrogen) atoms. The minimum Gasteiger partial charge on any atom is -0.497 e. The first-order valence-corrected chi connectivity index (χ1v) is 10.3. The van der Waals surface area contributed by atoms with Crippen molar-refractivity contribution in [3.63, 3.8) is 0 Å². The molecule has 6 nitrogen and oxygen atoms in total. The molecule has 2 aromatic rings. The predicted octanol–water partition coefficient (Wildman–Crippen LogP) is 2.98. The molecule has 2 rings (SSSR count). The maximum atomic E-state index is 12.4. The van der Waals surface area contributed by atoms with E-state index in [0.29, 0.717) is 11.3 Å². The fourth-order valence-corrected chi connectivity index (χ4v) is 4.01. The van der Waals surface area contributed by atoms with Gasteiger partial charge in [0, 0.05) is 24.7 Å². The number of thioether (sulfide) groups is 1. The monoisotopic (exact) mass is 394 g/mol. The summed E-state index contributed by atoms with van der Waals surface area (Å²) in [6.07, 6.45) is 0. The Morgan fingerprint density at radius 2 is 1.81 bits per heavy atom. The Hall–Kier alpha value is -2.03. The molecule has 0 aliphatic rings. The van der Waals surface area contributed by atoms with Crippen molar-refractivity contribution in [1.82, 2.24) is 4.31 Å². The summed E-state index contributed by atoms with van der Waals surface area (Å²) < 4.78 is 31.0. The van der Waals surface area contributed by atoms with Crippen LogP contribution >= 0.6 is 11.8 Å². The van der Waals surface area contributed by atoms with Crippen LogP contribution in [0.15, 0.2) is 52.3 Å². The SMILES string of the molecule is COc1ccc(SCC(=O)Nc2ccc(C)c(S(=O)(=O)N(C)C)c2)cc1. The molecule has 140 valence electrons. The van der Waals surface area contributed by atoms with Crippen molar-refractivity contribution >= 4 is 33.4 Å². The van der Waals surface area contributed by atoms with Crippen molar-refractivity contribution in [2.75, 3.05) is 32.3 Å². The number of hydrogen-bond donors (Lipinski definition) is 1. The highest BCUT2D eigenvalue weighted by molar-refractivity contribution is 8.00. The van der Waals surface area contributed by atoms with Crippen molar-refractivity contribution < 1.29 is 17.9 Å². The highest BCUT2D eigenvalue weighted by Gasteiger charge is 2.20. The summed E-state index contributed by atoms with van der Waals surface area (Å²) in [5.41, 5.74) is 1.08. The fraction of sp³-hybridized carbons (Fsp3) is 0.278. The lowest BCUT2D eigenvalue weighted by molar-refractivity contribution is -0.113. The summed E-state index contributed by atoms with van der Waals surface area (Å²) >= 11 is 1.39. The quantitative estimate of drug-likeness (QED) is 0.731. The second-order valence-electron chi connectivity index (χ2n) is 5.78. The summed E-state index contributed by atoms with van der Waals surface area (Å²) in [5.74, 6) is 0.770. The van der Waals surface area contributed by atoms with Gasteiger partial charge in [-0.3, -0.25) is 4.79 Å². The molecular formula is C18H22N2O4S2. The van der Waals surface area contributed by atoms with Crippen LogP contribution in [0, 0.1) is 6.92 Å². The van der Waals surface area contributed by atoms with Gasteiger partial charge in [0.15, 0.2) is 0 Å². The minimum absolute atomic E-state index is 0.183. The molecular weight excluding hydrogens is 372 g/mol. The number of amides is 1. The van der Waals surface area contributed by atoms with Gasteiger partial charge in [-0.15, -0.1) is 11.8 Å². The number of nitrogens with one attached hydrogen (secondary N) is 1. The average molecular weight is 395 g/mol. The standard InChI is InChI=1S/C18H22N2O4S2/c1-13-5-6-14(11-17(13)26(22,23)20(2)3)19-18(21)12-25-16-9-7-15(24-4)8-10-16/h5-11H,12H2,1-4H3,(H,19,21). The van der Waals surface area contributed by atoms with E-state index in [-0.39, 0.29) is 16.6 Å². The van der Waals surface area contributed by atoms with Gasteiger partial charge in [-0.25, -0.2) is 12.7 Å². The Morgan fingerprint density at radius 3 is 2.38 bits per heavy atom. The Bertz CT molecular complexity index is 879. The molecule has 0 aliphatic heterocycles. The zero-order chi connectivity index (χ0) is 19.3. The molecule has 0 radical (unpaired) electrons. The van der Waals surface area contributed by atoms with E-state index in [9.17, 15) is 13.2 Å². The predicted molar refractivity (Wildman–Crippen MR) is 104 cm³/mol. The van der Waals surface area contributed by atoms with E-state index in [1.165, 1.54) is 31.9 Å². The van der Waals surface area contributed by atoms with E-state index < -0.39 is 10.0 Å². The number of hydrogen-bond acceptors (Lipinski definition) is 5. The topological polar surface area (TPSA) is 75.7 Å². The Kier molecular flexibility index (Phi) is 6.69. The normalized spacial score (nSPS) is 11.4. The van der Waals surface area contributed by atoms with Crippen LogP contribution in [-0.4, -0.2) is 45.6 Å². The summed E-state index contributed by atoms with van der Waals surface area (Å²) in [6, 6.07) is 12.3.